The van der Waals surface area contributed by atoms with Crippen molar-refractivity contribution in [3.63, 3.8) is 0 Å². The Labute approximate surface area is 121 Å². The summed E-state index contributed by atoms with van der Waals surface area (Å²) in [5.41, 5.74) is 2.19. The van der Waals surface area contributed by atoms with E-state index in [-0.39, 0.29) is 10.8 Å². The van der Waals surface area contributed by atoms with E-state index >= 15 is 0 Å². The van der Waals surface area contributed by atoms with Gasteiger partial charge in [0.25, 0.3) is 5.91 Å². The number of aromatic nitrogens is 2. The molecule has 3 N–H and O–H groups in total. The number of sulfonamides is 1. The van der Waals surface area contributed by atoms with E-state index in [0.717, 1.165) is 5.56 Å². The Morgan fingerprint density at radius 2 is 2.14 bits per heavy atom. The topological polar surface area (TPSA) is 107 Å². The van der Waals surface area contributed by atoms with Crippen molar-refractivity contribution >= 4 is 33.3 Å². The smallest absolute Gasteiger partial charge is 0.256 e. The third-order valence-electron chi connectivity index (χ3n) is 3.14. The van der Waals surface area contributed by atoms with Gasteiger partial charge in [-0.1, -0.05) is 0 Å². The number of aryl methyl sites for hydroxylation is 1. The van der Waals surface area contributed by atoms with Crippen molar-refractivity contribution in [1.29, 1.82) is 0 Å². The van der Waals surface area contributed by atoms with E-state index in [1.54, 1.807) is 30.2 Å². The van der Waals surface area contributed by atoms with E-state index in [0.29, 0.717) is 16.8 Å². The van der Waals surface area contributed by atoms with E-state index in [2.05, 4.69) is 10.4 Å². The van der Waals surface area contributed by atoms with Gasteiger partial charge in [-0.25, -0.2) is 13.6 Å². The summed E-state index contributed by atoms with van der Waals surface area (Å²) in [6.07, 6.45) is 5.02. The first-order valence-corrected chi connectivity index (χ1v) is 7.58. The van der Waals surface area contributed by atoms with Gasteiger partial charge in [-0.3, -0.25) is 9.48 Å². The predicted molar refractivity (Wildman–Crippen MR) is 77.5 cm³/mol. The summed E-state index contributed by atoms with van der Waals surface area (Å²) in [6, 6.07) is 4.28. The lowest BCUT2D eigenvalue weighted by Gasteiger charge is -2.02. The molecule has 3 rings (SSSR count). The van der Waals surface area contributed by atoms with Gasteiger partial charge in [-0.2, -0.15) is 5.10 Å². The van der Waals surface area contributed by atoms with E-state index in [1.165, 1.54) is 18.2 Å². The minimum absolute atomic E-state index is 0.0326. The molecule has 1 aromatic heterocycles. The van der Waals surface area contributed by atoms with Gasteiger partial charge in [0.1, 0.15) is 0 Å². The number of fused-ring (bicyclic) bond motifs is 1. The predicted octanol–water partition coefficient (Wildman–Crippen LogP) is 0.560. The average molecular weight is 304 g/mol. The Bertz CT molecular complexity index is 881. The van der Waals surface area contributed by atoms with Crippen LogP contribution in [0.25, 0.3) is 11.6 Å². The molecule has 1 aromatic carbocycles. The first-order chi connectivity index (χ1) is 9.84. The molecule has 108 valence electrons. The van der Waals surface area contributed by atoms with Gasteiger partial charge >= 0.3 is 0 Å². The van der Waals surface area contributed by atoms with Gasteiger partial charge in [0.15, 0.2) is 0 Å². The summed E-state index contributed by atoms with van der Waals surface area (Å²) in [7, 11) is -2.05. The summed E-state index contributed by atoms with van der Waals surface area (Å²) >= 11 is 0. The second kappa shape index (κ2) is 4.54. The molecule has 21 heavy (non-hydrogen) atoms. The maximum absolute atomic E-state index is 12.0. The van der Waals surface area contributed by atoms with E-state index in [9.17, 15) is 13.2 Å². The van der Waals surface area contributed by atoms with Gasteiger partial charge < -0.3 is 5.32 Å². The van der Waals surface area contributed by atoms with Gasteiger partial charge in [-0.05, 0) is 24.3 Å². The van der Waals surface area contributed by atoms with Crippen LogP contribution >= 0.6 is 0 Å². The number of carbonyl (C=O) groups excluding carboxylic acids is 1. The zero-order valence-corrected chi connectivity index (χ0v) is 11.9. The van der Waals surface area contributed by atoms with Crippen molar-refractivity contribution in [2.45, 2.75) is 4.90 Å². The number of nitrogens with one attached hydrogen (secondary N) is 1. The van der Waals surface area contributed by atoms with Crippen LogP contribution in [0.2, 0.25) is 0 Å². The van der Waals surface area contributed by atoms with Crippen LogP contribution < -0.4 is 10.5 Å². The quantitative estimate of drug-likeness (QED) is 0.790. The molecule has 1 amide bonds. The van der Waals surface area contributed by atoms with Crippen molar-refractivity contribution in [2.24, 2.45) is 12.2 Å². The van der Waals surface area contributed by atoms with Crippen LogP contribution in [0.4, 0.5) is 5.69 Å². The molecule has 1 aliphatic heterocycles. The Hall–Kier alpha value is -2.45. The largest absolute Gasteiger partial charge is 0.321 e. The second-order valence-electron chi connectivity index (χ2n) is 4.71. The first kappa shape index (κ1) is 13.5. The number of hydrogen-bond donors (Lipinski definition) is 2. The monoisotopic (exact) mass is 304 g/mol. The Kier molecular flexibility index (Phi) is 2.92. The van der Waals surface area contributed by atoms with Crippen molar-refractivity contribution in [3.8, 4) is 0 Å². The zero-order chi connectivity index (χ0) is 15.2. The standard InChI is InChI=1S/C13H12N4O3S/c1-17-7-8(6-15-17)4-11-10-5-9(21(14,19)20)2-3-12(10)16-13(11)18/h2-7H,1H3,(H,16,18)(H2,14,19,20). The molecule has 1 aliphatic rings. The SMILES string of the molecule is Cn1cc(C=C2C(=O)Nc3ccc(S(N)(=O)=O)cc32)cn1. The van der Waals surface area contributed by atoms with Gasteiger partial charge in [0.2, 0.25) is 10.0 Å². The minimum atomic E-state index is -3.82. The molecule has 0 radical (unpaired) electrons. The first-order valence-electron chi connectivity index (χ1n) is 6.03. The van der Waals surface area contributed by atoms with Crippen LogP contribution in [0.1, 0.15) is 11.1 Å². The summed E-state index contributed by atoms with van der Waals surface area (Å²) in [6.45, 7) is 0. The third-order valence-corrected chi connectivity index (χ3v) is 4.05. The van der Waals surface area contributed by atoms with Crippen LogP contribution in [0, 0.1) is 0 Å². The number of amides is 1. The highest BCUT2D eigenvalue weighted by molar-refractivity contribution is 7.89. The number of nitrogens with zero attached hydrogens (tertiary/aromatic N) is 2. The molecule has 0 saturated heterocycles. The Morgan fingerprint density at radius 3 is 2.76 bits per heavy atom. The molecule has 0 fully saturated rings. The van der Waals surface area contributed by atoms with E-state index in [4.69, 9.17) is 5.14 Å². The molecule has 0 spiro atoms. The molecule has 2 heterocycles. The highest BCUT2D eigenvalue weighted by Gasteiger charge is 2.25. The molecule has 7 nitrogen and oxygen atoms in total. The fraction of sp³-hybridized carbons (Fsp3) is 0.0769. The number of hydrogen-bond acceptors (Lipinski definition) is 4. The molecule has 0 bridgehead atoms. The zero-order valence-electron chi connectivity index (χ0n) is 11.1. The van der Waals surface area contributed by atoms with Crippen molar-refractivity contribution < 1.29 is 13.2 Å². The normalized spacial score (nSPS) is 16.1. The van der Waals surface area contributed by atoms with Crippen molar-refractivity contribution in [1.82, 2.24) is 9.78 Å². The lowest BCUT2D eigenvalue weighted by atomic mass is 10.1. The average Bonchev–Trinajstić information content (AvgIpc) is 2.93. The second-order valence-corrected chi connectivity index (χ2v) is 6.27. The molecule has 0 saturated carbocycles. The molecule has 0 unspecified atom stereocenters. The minimum Gasteiger partial charge on any atom is -0.321 e. The van der Waals surface area contributed by atoms with Crippen molar-refractivity contribution in [3.05, 3.63) is 41.7 Å². The Morgan fingerprint density at radius 1 is 1.38 bits per heavy atom. The van der Waals surface area contributed by atoms with Gasteiger partial charge in [0, 0.05) is 35.6 Å². The van der Waals surface area contributed by atoms with Crippen LogP contribution in [0.5, 0.6) is 0 Å². The Balaban J connectivity index is 2.14. The van der Waals surface area contributed by atoms with E-state index < -0.39 is 10.0 Å². The number of primary sulfonamides is 1. The number of rotatable bonds is 2. The van der Waals surface area contributed by atoms with Crippen LogP contribution in [-0.2, 0) is 21.9 Å². The van der Waals surface area contributed by atoms with Gasteiger partial charge in [-0.15, -0.1) is 0 Å². The lowest BCUT2D eigenvalue weighted by molar-refractivity contribution is -0.110. The molecule has 8 heteroatoms. The number of anilines is 1. The summed E-state index contributed by atoms with van der Waals surface area (Å²) in [5.74, 6) is -0.291. The number of nitrogens with two attached hydrogens (primary N) is 1. The molecular formula is C13H12N4O3S. The number of benzene rings is 1. The maximum atomic E-state index is 12.0. The van der Waals surface area contributed by atoms with Gasteiger partial charge in [0.05, 0.1) is 11.1 Å². The molecule has 2 aromatic rings. The van der Waals surface area contributed by atoms with Crippen LogP contribution in [0.15, 0.2) is 35.5 Å². The summed E-state index contributed by atoms with van der Waals surface area (Å²) in [4.78, 5) is 12.0. The highest BCUT2D eigenvalue weighted by atomic mass is 32.2. The highest BCUT2D eigenvalue weighted by Crippen LogP contribution is 2.34. The van der Waals surface area contributed by atoms with E-state index in [1.807, 2.05) is 0 Å². The third kappa shape index (κ3) is 2.46. The summed E-state index contributed by atoms with van der Waals surface area (Å²) < 4.78 is 24.5. The lowest BCUT2D eigenvalue weighted by Crippen LogP contribution is -2.12. The maximum Gasteiger partial charge on any atom is 0.256 e. The molecular weight excluding hydrogens is 292 g/mol. The summed E-state index contributed by atoms with van der Waals surface area (Å²) in [5, 5.41) is 11.8. The fourth-order valence-electron chi connectivity index (χ4n) is 2.17. The van der Waals surface area contributed by atoms with Crippen molar-refractivity contribution in [2.75, 3.05) is 5.32 Å². The fourth-order valence-corrected chi connectivity index (χ4v) is 2.71. The van der Waals surface area contributed by atoms with Crippen LogP contribution in [-0.4, -0.2) is 24.1 Å². The molecule has 0 aliphatic carbocycles. The molecule has 0 atom stereocenters. The number of carbonyl (C=O) groups is 1. The van der Waals surface area contributed by atoms with Crippen LogP contribution in [0.3, 0.4) is 0 Å².